The number of carbonyl (C=O) groups is 2. The van der Waals surface area contributed by atoms with Crippen LogP contribution in [0.4, 0.5) is 0 Å². The fraction of sp³-hybridized carbons (Fsp3) is 0.395. The summed E-state index contributed by atoms with van der Waals surface area (Å²) in [6.45, 7) is 6.13. The maximum atomic E-state index is 14.0. The summed E-state index contributed by atoms with van der Waals surface area (Å²) in [5, 5.41) is 0. The molecule has 11 heteroatoms. The number of carbonyl (C=O) groups excluding carboxylic acids is 2. The minimum atomic E-state index is -0.248. The lowest BCUT2D eigenvalue weighted by molar-refractivity contribution is 0.0777. The molecule has 2 aliphatic heterocycles. The van der Waals surface area contributed by atoms with Gasteiger partial charge in [-0.25, -0.2) is 4.98 Å². The van der Waals surface area contributed by atoms with Gasteiger partial charge >= 0.3 is 0 Å². The molecule has 0 spiro atoms. The molecule has 1 unspecified atom stereocenters. The molecule has 4 heterocycles. The Kier molecular flexibility index (Phi) is 12.5. The molecule has 0 N–H and O–H groups in total. The molecule has 2 aromatic carbocycles. The first-order valence-electron chi connectivity index (χ1n) is 18.6. The Balaban J connectivity index is 1.15. The van der Waals surface area contributed by atoms with Crippen LogP contribution in [-0.2, 0) is 12.0 Å². The second kappa shape index (κ2) is 17.6. The van der Waals surface area contributed by atoms with Crippen molar-refractivity contribution < 1.29 is 28.5 Å². The van der Waals surface area contributed by atoms with Gasteiger partial charge in [0.25, 0.3) is 5.91 Å². The first kappa shape index (κ1) is 38.3. The summed E-state index contributed by atoms with van der Waals surface area (Å²) in [5.74, 6) is 2.53. The third-order valence-electron chi connectivity index (χ3n) is 10.8. The molecule has 1 amide bonds. The third-order valence-corrected chi connectivity index (χ3v) is 10.8. The van der Waals surface area contributed by atoms with E-state index in [0.717, 1.165) is 62.5 Å². The molecule has 0 saturated carbocycles. The molecule has 1 atom stereocenters. The smallest absolute Gasteiger partial charge is 0.254 e. The van der Waals surface area contributed by atoms with Crippen molar-refractivity contribution in [1.29, 1.82) is 0 Å². The van der Waals surface area contributed by atoms with Crippen LogP contribution in [0.2, 0.25) is 0 Å². The lowest BCUT2D eigenvalue weighted by atomic mass is 9.76. The highest BCUT2D eigenvalue weighted by atomic mass is 16.5. The summed E-state index contributed by atoms with van der Waals surface area (Å²) in [6.07, 6.45) is 14.7. The molecule has 284 valence electrons. The summed E-state index contributed by atoms with van der Waals surface area (Å²) < 4.78 is 24.0. The van der Waals surface area contributed by atoms with E-state index >= 15 is 0 Å². The summed E-state index contributed by atoms with van der Waals surface area (Å²) in [7, 11) is 6.32. The zero-order valence-electron chi connectivity index (χ0n) is 32.0. The fourth-order valence-corrected chi connectivity index (χ4v) is 7.74. The predicted octanol–water partition coefficient (Wildman–Crippen LogP) is 6.72. The fourth-order valence-electron chi connectivity index (χ4n) is 7.74. The van der Waals surface area contributed by atoms with Crippen LogP contribution in [-0.4, -0.2) is 97.2 Å². The van der Waals surface area contributed by atoms with Crippen LogP contribution in [0.25, 0.3) is 6.08 Å². The SMILES string of the molecule is C/C=C/C=C/c1cnc(C(=O)C2CCN(CCC3(c4ccc(OC)cc4)CCN(C(=O)c4cc(OC)c(OC)c(OC)c4)C3)CC2)n1Cc1ccccn1. The quantitative estimate of drug-likeness (QED) is 0.0973. The molecule has 4 aromatic rings. The Hall–Kier alpha value is -5.42. The number of imidazole rings is 1. The van der Waals surface area contributed by atoms with E-state index in [4.69, 9.17) is 18.9 Å². The number of hydrogen-bond donors (Lipinski definition) is 0. The van der Waals surface area contributed by atoms with E-state index in [9.17, 15) is 9.59 Å². The molecule has 2 aliphatic rings. The van der Waals surface area contributed by atoms with Crippen molar-refractivity contribution in [2.75, 3.05) is 61.2 Å². The van der Waals surface area contributed by atoms with Crippen molar-refractivity contribution in [1.82, 2.24) is 24.3 Å². The Labute approximate surface area is 318 Å². The summed E-state index contributed by atoms with van der Waals surface area (Å²) >= 11 is 0. The van der Waals surface area contributed by atoms with Crippen LogP contribution < -0.4 is 18.9 Å². The molecule has 6 rings (SSSR count). The largest absolute Gasteiger partial charge is 0.497 e. The number of pyridine rings is 1. The molecule has 0 bridgehead atoms. The van der Waals surface area contributed by atoms with Crippen LogP contribution in [0.1, 0.15) is 70.5 Å². The van der Waals surface area contributed by atoms with Gasteiger partial charge in [0.1, 0.15) is 5.75 Å². The van der Waals surface area contributed by atoms with Crippen molar-refractivity contribution in [2.24, 2.45) is 5.92 Å². The molecular weight excluding hydrogens is 683 g/mol. The van der Waals surface area contributed by atoms with E-state index in [2.05, 4.69) is 27.0 Å². The number of nitrogens with zero attached hydrogens (tertiary/aromatic N) is 5. The highest BCUT2D eigenvalue weighted by Crippen LogP contribution is 2.42. The minimum absolute atomic E-state index is 0.0779. The predicted molar refractivity (Wildman–Crippen MR) is 209 cm³/mol. The topological polar surface area (TPSA) is 108 Å². The number of benzene rings is 2. The average molecular weight is 734 g/mol. The second-order valence-corrected chi connectivity index (χ2v) is 13.9. The highest BCUT2D eigenvalue weighted by Gasteiger charge is 2.42. The van der Waals surface area contributed by atoms with Gasteiger partial charge in [-0.3, -0.25) is 14.6 Å². The van der Waals surface area contributed by atoms with Gasteiger partial charge in [-0.05, 0) is 100 Å². The molecule has 54 heavy (non-hydrogen) atoms. The lowest BCUT2D eigenvalue weighted by Crippen LogP contribution is -2.41. The Bertz CT molecular complexity index is 1920. The van der Waals surface area contributed by atoms with E-state index in [-0.39, 0.29) is 23.0 Å². The molecule has 0 radical (unpaired) electrons. The van der Waals surface area contributed by atoms with Crippen LogP contribution in [0.15, 0.2) is 85.2 Å². The van der Waals surface area contributed by atoms with Gasteiger partial charge in [0, 0.05) is 36.2 Å². The third kappa shape index (κ3) is 8.36. The lowest BCUT2D eigenvalue weighted by Gasteiger charge is -2.36. The standard InChI is InChI=1S/C43H51N5O6/c1-6-7-8-12-35-28-45-41(48(35)29-34-11-9-10-21-44-34)39(49)31-17-22-46(23-18-31)24-19-43(33-13-15-36(51-2)16-14-33)20-25-47(30-43)42(50)32-26-37(52-3)40(54-5)38(27-32)53-4/h6-16,21,26-28,31H,17-20,22-25,29-30H2,1-5H3/b7-6+,12-8+. The van der Waals surface area contributed by atoms with Crippen molar-refractivity contribution >= 4 is 17.8 Å². The number of likely N-dealkylation sites (tertiary alicyclic amines) is 2. The molecule has 0 aliphatic carbocycles. The zero-order chi connectivity index (χ0) is 38.1. The highest BCUT2D eigenvalue weighted by molar-refractivity contribution is 5.96. The van der Waals surface area contributed by atoms with Crippen molar-refractivity contribution in [3.05, 3.63) is 114 Å². The number of piperidine rings is 1. The van der Waals surface area contributed by atoms with Crippen LogP contribution in [0, 0.1) is 5.92 Å². The number of rotatable bonds is 15. The van der Waals surface area contributed by atoms with Crippen molar-refractivity contribution in [2.45, 2.75) is 44.6 Å². The zero-order valence-corrected chi connectivity index (χ0v) is 32.0. The van der Waals surface area contributed by atoms with Crippen molar-refractivity contribution in [3.63, 3.8) is 0 Å². The maximum absolute atomic E-state index is 14.0. The number of amides is 1. The van der Waals surface area contributed by atoms with Crippen LogP contribution >= 0.6 is 0 Å². The van der Waals surface area contributed by atoms with Gasteiger partial charge in [0.05, 0.1) is 52.6 Å². The van der Waals surface area contributed by atoms with E-state index < -0.39 is 0 Å². The van der Waals surface area contributed by atoms with Crippen LogP contribution in [0.5, 0.6) is 23.0 Å². The van der Waals surface area contributed by atoms with E-state index in [1.165, 1.54) is 5.56 Å². The van der Waals surface area contributed by atoms with Crippen molar-refractivity contribution in [3.8, 4) is 23.0 Å². The number of ether oxygens (including phenoxy) is 4. The van der Waals surface area contributed by atoms with Gasteiger partial charge in [0.2, 0.25) is 11.5 Å². The first-order chi connectivity index (χ1) is 26.3. The van der Waals surface area contributed by atoms with Gasteiger partial charge in [0.15, 0.2) is 17.3 Å². The van der Waals surface area contributed by atoms with Gasteiger partial charge < -0.3 is 33.3 Å². The second-order valence-electron chi connectivity index (χ2n) is 13.9. The molecular formula is C43H51N5O6. The Morgan fingerprint density at radius 1 is 0.889 bits per heavy atom. The van der Waals surface area contributed by atoms with Gasteiger partial charge in [-0.15, -0.1) is 0 Å². The summed E-state index contributed by atoms with van der Waals surface area (Å²) in [4.78, 5) is 41.6. The number of methoxy groups -OCH3 is 4. The van der Waals surface area contributed by atoms with E-state index in [1.807, 2.05) is 71.0 Å². The summed E-state index contributed by atoms with van der Waals surface area (Å²) in [6, 6.07) is 17.5. The minimum Gasteiger partial charge on any atom is -0.497 e. The first-order valence-corrected chi connectivity index (χ1v) is 18.6. The average Bonchev–Trinajstić information content (AvgIpc) is 3.84. The number of allylic oxidation sites excluding steroid dienone is 3. The number of aromatic nitrogens is 3. The number of hydrogen-bond acceptors (Lipinski definition) is 9. The van der Waals surface area contributed by atoms with Gasteiger partial charge in [-0.1, -0.05) is 36.4 Å². The number of ketones is 1. The molecule has 2 fully saturated rings. The van der Waals surface area contributed by atoms with Gasteiger partial charge in [-0.2, -0.15) is 0 Å². The maximum Gasteiger partial charge on any atom is 0.254 e. The summed E-state index contributed by atoms with van der Waals surface area (Å²) in [5.41, 5.74) is 3.18. The number of Topliss-reactive ketones (excluding diaryl/α,β-unsaturated/α-hetero) is 1. The molecule has 2 aromatic heterocycles. The Morgan fingerprint density at radius 3 is 2.26 bits per heavy atom. The molecule has 11 nitrogen and oxygen atoms in total. The Morgan fingerprint density at radius 2 is 1.63 bits per heavy atom. The van der Waals surface area contributed by atoms with E-state index in [0.29, 0.717) is 48.3 Å². The monoisotopic (exact) mass is 733 g/mol. The van der Waals surface area contributed by atoms with E-state index in [1.54, 1.807) is 53.0 Å². The normalized spacial score (nSPS) is 18.1. The van der Waals surface area contributed by atoms with Crippen LogP contribution in [0.3, 0.4) is 0 Å². The molecule has 2 saturated heterocycles.